The largest absolute Gasteiger partial charge is 0.505 e. The van der Waals surface area contributed by atoms with Crippen molar-refractivity contribution < 1.29 is 30.0 Å². The second-order valence-corrected chi connectivity index (χ2v) is 6.68. The number of thioether (sulfide) groups is 1. The number of hydrogen-bond acceptors (Lipinski definition) is 10. The number of imidazole rings is 1. The monoisotopic (exact) mass is 428 g/mol. The fourth-order valence-corrected chi connectivity index (χ4v) is 2.87. The Kier molecular flexibility index (Phi) is 10.4. The van der Waals surface area contributed by atoms with Gasteiger partial charge in [0.2, 0.25) is 11.7 Å². The van der Waals surface area contributed by atoms with E-state index in [4.69, 9.17) is 25.7 Å². The molecule has 0 spiro atoms. The summed E-state index contributed by atoms with van der Waals surface area (Å²) in [5.41, 5.74) is 2.21. The highest BCUT2D eigenvalue weighted by Gasteiger charge is 2.38. The molecule has 12 nitrogen and oxygen atoms in total. The lowest BCUT2D eigenvalue weighted by Crippen LogP contribution is -2.35. The number of ether oxygens (including phenoxy) is 1. The molecular formula is C16H24N6O6S. The highest BCUT2D eigenvalue weighted by atomic mass is 32.2. The van der Waals surface area contributed by atoms with E-state index in [1.54, 1.807) is 25.1 Å². The predicted octanol–water partition coefficient (Wildman–Crippen LogP) is -0.810. The number of nitrogens with one attached hydrogen (secondary N) is 3. The average Bonchev–Trinajstić information content (AvgIpc) is 3.24. The number of rotatable bonds is 7. The molecule has 1 aliphatic rings. The van der Waals surface area contributed by atoms with Crippen molar-refractivity contribution in [1.29, 1.82) is 5.26 Å². The molecule has 7 N–H and O–H groups in total. The van der Waals surface area contributed by atoms with Gasteiger partial charge >= 0.3 is 5.97 Å². The molecule has 1 aliphatic heterocycles. The number of aromatic nitrogens is 2. The summed E-state index contributed by atoms with van der Waals surface area (Å²) in [4.78, 5) is 21.7. The van der Waals surface area contributed by atoms with E-state index in [9.17, 15) is 4.79 Å². The molecule has 2 atom stereocenters. The van der Waals surface area contributed by atoms with Crippen LogP contribution in [0.5, 0.6) is 0 Å². The summed E-state index contributed by atoms with van der Waals surface area (Å²) in [5, 5.41) is 49.0. The molecular weight excluding hydrogens is 404 g/mol. The normalized spacial score (nSPS) is 17.1. The van der Waals surface area contributed by atoms with Gasteiger partial charge in [-0.15, -0.1) is 0 Å². The minimum atomic E-state index is -1.42. The van der Waals surface area contributed by atoms with Crippen LogP contribution in [0.3, 0.4) is 0 Å². The summed E-state index contributed by atoms with van der Waals surface area (Å²) in [7, 11) is 1.63. The van der Waals surface area contributed by atoms with Crippen LogP contribution in [-0.2, 0) is 15.3 Å². The van der Waals surface area contributed by atoms with Gasteiger partial charge in [-0.25, -0.2) is 9.78 Å². The number of hydrogen-bond donors (Lipinski definition) is 7. The number of aliphatic imine (C=N–C) groups is 1. The summed E-state index contributed by atoms with van der Waals surface area (Å²) in [6.07, 6.45) is 0.759. The average molecular weight is 428 g/mol. The summed E-state index contributed by atoms with van der Waals surface area (Å²) in [6, 6.07) is 0. The van der Waals surface area contributed by atoms with Crippen molar-refractivity contribution in [3.05, 3.63) is 29.2 Å². The molecule has 0 aliphatic carbocycles. The number of aromatic amines is 1. The van der Waals surface area contributed by atoms with Gasteiger partial charge in [-0.05, 0) is 6.92 Å². The fourth-order valence-electron chi connectivity index (χ4n) is 2.00. The molecule has 2 heterocycles. The van der Waals surface area contributed by atoms with E-state index in [1.807, 2.05) is 13.1 Å². The van der Waals surface area contributed by atoms with Crippen molar-refractivity contribution in [2.75, 3.05) is 26.0 Å². The van der Waals surface area contributed by atoms with E-state index >= 15 is 0 Å². The SMILES string of the molecule is CN=C(NC#N)NCCSCc1nc[nH]c1C.O=C1O[C@H]([C@@H](O)CO)C(O)=C1O. The van der Waals surface area contributed by atoms with Gasteiger partial charge in [-0.3, -0.25) is 10.3 Å². The Hall–Kier alpha value is -2.95. The van der Waals surface area contributed by atoms with Crippen LogP contribution in [0.25, 0.3) is 0 Å². The van der Waals surface area contributed by atoms with Crippen molar-refractivity contribution in [2.24, 2.45) is 4.99 Å². The van der Waals surface area contributed by atoms with E-state index in [1.165, 1.54) is 0 Å². The third-order valence-electron chi connectivity index (χ3n) is 3.59. The van der Waals surface area contributed by atoms with E-state index in [0.29, 0.717) is 5.96 Å². The quantitative estimate of drug-likeness (QED) is 0.0716. The predicted molar refractivity (Wildman–Crippen MR) is 105 cm³/mol. The maximum absolute atomic E-state index is 10.5. The third kappa shape index (κ3) is 7.53. The van der Waals surface area contributed by atoms with E-state index in [2.05, 4.69) is 30.3 Å². The molecule has 0 radical (unpaired) electrons. The molecule has 160 valence electrons. The van der Waals surface area contributed by atoms with Crippen LogP contribution in [0.1, 0.15) is 11.4 Å². The fraction of sp³-hybridized carbons (Fsp3) is 0.500. The summed E-state index contributed by atoms with van der Waals surface area (Å²) < 4.78 is 4.32. The Morgan fingerprint density at radius 1 is 1.55 bits per heavy atom. The molecule has 0 unspecified atom stereocenters. The minimum Gasteiger partial charge on any atom is -0.505 e. The standard InChI is InChI=1S/C10H16N6S.C6H8O6/c1-8-9(16-7-15-8)5-17-4-3-13-10(12-2)14-6-11;7-1-2(8)5-3(9)4(10)6(11)12-5/h7H,3-5H2,1-2H3,(H,15,16)(H2,12,13,14);2,5,7-10H,1H2/t;2-,5+/m.0/s1. The molecule has 0 aromatic carbocycles. The Balaban J connectivity index is 0.000000308. The van der Waals surface area contributed by atoms with Crippen molar-refractivity contribution in [2.45, 2.75) is 24.9 Å². The summed E-state index contributed by atoms with van der Waals surface area (Å²) >= 11 is 1.79. The molecule has 0 bridgehead atoms. The number of aliphatic hydroxyl groups is 4. The first-order valence-corrected chi connectivity index (χ1v) is 9.55. The molecule has 2 rings (SSSR count). The van der Waals surface area contributed by atoms with Crippen LogP contribution in [-0.4, -0.2) is 80.5 Å². The second-order valence-electron chi connectivity index (χ2n) is 5.57. The highest BCUT2D eigenvalue weighted by Crippen LogP contribution is 2.20. The molecule has 1 aromatic rings. The van der Waals surface area contributed by atoms with Crippen LogP contribution >= 0.6 is 11.8 Å². The van der Waals surface area contributed by atoms with Crippen molar-refractivity contribution in [3.63, 3.8) is 0 Å². The zero-order chi connectivity index (χ0) is 21.8. The van der Waals surface area contributed by atoms with Crippen molar-refractivity contribution >= 4 is 23.7 Å². The Bertz CT molecular complexity index is 774. The van der Waals surface area contributed by atoms with Gasteiger partial charge in [0.25, 0.3) is 0 Å². The minimum absolute atomic E-state index is 0.504. The first kappa shape index (κ1) is 24.1. The smallest absolute Gasteiger partial charge is 0.377 e. The summed E-state index contributed by atoms with van der Waals surface area (Å²) in [6.45, 7) is 2.10. The number of aliphatic hydroxyl groups excluding tert-OH is 4. The molecule has 1 aromatic heterocycles. The number of guanidine groups is 1. The van der Waals surface area contributed by atoms with E-state index in [-0.39, 0.29) is 0 Å². The number of nitriles is 1. The van der Waals surface area contributed by atoms with Crippen LogP contribution in [0.2, 0.25) is 0 Å². The van der Waals surface area contributed by atoms with Gasteiger partial charge in [0.15, 0.2) is 18.1 Å². The molecule has 13 heteroatoms. The number of H-pyrrole nitrogens is 1. The molecule has 0 saturated carbocycles. The zero-order valence-electron chi connectivity index (χ0n) is 15.9. The number of cyclic esters (lactones) is 1. The number of carbonyl (C=O) groups is 1. The van der Waals surface area contributed by atoms with Crippen LogP contribution in [0.4, 0.5) is 0 Å². The van der Waals surface area contributed by atoms with E-state index in [0.717, 1.165) is 29.4 Å². The van der Waals surface area contributed by atoms with Crippen molar-refractivity contribution in [3.8, 4) is 6.19 Å². The van der Waals surface area contributed by atoms with Gasteiger partial charge in [0.05, 0.1) is 18.6 Å². The Labute approximate surface area is 171 Å². The van der Waals surface area contributed by atoms with Gasteiger partial charge in [0.1, 0.15) is 6.10 Å². The van der Waals surface area contributed by atoms with Gasteiger partial charge in [-0.2, -0.15) is 17.0 Å². The van der Waals surface area contributed by atoms with Gasteiger partial charge < -0.3 is 35.5 Å². The van der Waals surface area contributed by atoms with E-state index < -0.39 is 36.3 Å². The van der Waals surface area contributed by atoms with Gasteiger partial charge in [0, 0.05) is 30.8 Å². The first-order valence-electron chi connectivity index (χ1n) is 8.40. The maximum atomic E-state index is 10.5. The lowest BCUT2D eigenvalue weighted by molar-refractivity contribution is -0.147. The second kappa shape index (κ2) is 12.5. The number of esters is 1. The van der Waals surface area contributed by atoms with Crippen LogP contribution in [0.15, 0.2) is 22.8 Å². The lowest BCUT2D eigenvalue weighted by atomic mass is 10.2. The first-order chi connectivity index (χ1) is 13.8. The lowest BCUT2D eigenvalue weighted by Gasteiger charge is -2.13. The Morgan fingerprint density at radius 2 is 2.28 bits per heavy atom. The summed E-state index contributed by atoms with van der Waals surface area (Å²) in [5.74, 6) is -0.456. The molecule has 0 fully saturated rings. The number of nitrogens with zero attached hydrogens (tertiary/aromatic N) is 3. The number of aryl methyl sites for hydroxylation is 1. The van der Waals surface area contributed by atoms with Gasteiger partial charge in [-0.1, -0.05) is 0 Å². The Morgan fingerprint density at radius 3 is 2.76 bits per heavy atom. The zero-order valence-corrected chi connectivity index (χ0v) is 16.7. The molecule has 0 amide bonds. The molecule has 0 saturated heterocycles. The van der Waals surface area contributed by atoms with Crippen LogP contribution in [0, 0.1) is 18.4 Å². The number of carbonyl (C=O) groups excluding carboxylic acids is 1. The highest BCUT2D eigenvalue weighted by molar-refractivity contribution is 7.98. The molecule has 29 heavy (non-hydrogen) atoms. The van der Waals surface area contributed by atoms with Crippen LogP contribution < -0.4 is 10.6 Å². The van der Waals surface area contributed by atoms with Crippen molar-refractivity contribution in [1.82, 2.24) is 20.6 Å². The third-order valence-corrected chi connectivity index (χ3v) is 4.56. The topological polar surface area (TPSA) is 196 Å². The maximum Gasteiger partial charge on any atom is 0.377 e.